The smallest absolute Gasteiger partial charge is 0.300 e. The summed E-state index contributed by atoms with van der Waals surface area (Å²) in [4.78, 5) is 55.7. The topological polar surface area (TPSA) is 120 Å². The minimum atomic E-state index is -0.833. The van der Waals surface area contributed by atoms with Gasteiger partial charge in [-0.2, -0.15) is 0 Å². The van der Waals surface area contributed by atoms with E-state index in [9.17, 15) is 14.4 Å². The molecule has 3 heterocycles. The zero-order valence-corrected chi connectivity index (χ0v) is 20.8. The lowest BCUT2D eigenvalue weighted by Gasteiger charge is -2.40. The van der Waals surface area contributed by atoms with Crippen LogP contribution in [0.1, 0.15) is 50.3 Å². The molecular formula is C27H34N4O5. The molecule has 2 fully saturated rings. The van der Waals surface area contributed by atoms with Crippen molar-refractivity contribution in [3.8, 4) is 0 Å². The van der Waals surface area contributed by atoms with Gasteiger partial charge in [0.05, 0.1) is 24.5 Å². The van der Waals surface area contributed by atoms with Gasteiger partial charge in [0.2, 0.25) is 17.7 Å². The molecule has 192 valence electrons. The van der Waals surface area contributed by atoms with Crippen molar-refractivity contribution in [1.82, 2.24) is 20.1 Å². The first-order valence-corrected chi connectivity index (χ1v) is 12.3. The number of fused-ring (bicyclic) bond motifs is 1. The first-order valence-electron chi connectivity index (χ1n) is 12.3. The second-order valence-corrected chi connectivity index (χ2v) is 9.10. The highest BCUT2D eigenvalue weighted by Crippen LogP contribution is 2.43. The maximum atomic E-state index is 13.2. The number of aromatic nitrogens is 1. The molecule has 2 aliphatic heterocycles. The van der Waals surface area contributed by atoms with Crippen molar-refractivity contribution in [1.29, 1.82) is 0 Å². The molecule has 0 radical (unpaired) electrons. The van der Waals surface area contributed by atoms with Crippen molar-refractivity contribution in [2.75, 3.05) is 19.6 Å². The molecule has 0 bridgehead atoms. The Morgan fingerprint density at radius 1 is 1.14 bits per heavy atom. The number of hydrogen-bond donors (Lipinski definition) is 2. The third-order valence-corrected chi connectivity index (χ3v) is 6.38. The van der Waals surface area contributed by atoms with Crippen LogP contribution in [0.5, 0.6) is 0 Å². The molecule has 4 rings (SSSR count). The molecule has 3 amide bonds. The number of carbonyl (C=O) groups is 4. The van der Waals surface area contributed by atoms with Gasteiger partial charge >= 0.3 is 0 Å². The lowest BCUT2D eigenvalue weighted by Crippen LogP contribution is -2.56. The number of carbonyl (C=O) groups excluding carboxylic acids is 3. The third-order valence-electron chi connectivity index (χ3n) is 6.38. The normalized spacial score (nSPS) is 20.7. The quantitative estimate of drug-likeness (QED) is 0.610. The van der Waals surface area contributed by atoms with Crippen LogP contribution in [0.3, 0.4) is 0 Å². The zero-order chi connectivity index (χ0) is 26.1. The third kappa shape index (κ3) is 6.90. The molecule has 2 N–H and O–H groups in total. The first kappa shape index (κ1) is 26.8. The van der Waals surface area contributed by atoms with E-state index in [1.54, 1.807) is 17.3 Å². The van der Waals surface area contributed by atoms with E-state index in [2.05, 4.69) is 10.3 Å². The molecule has 9 nitrogen and oxygen atoms in total. The second-order valence-electron chi connectivity index (χ2n) is 9.10. The average Bonchev–Trinajstić information content (AvgIpc) is 3.27. The first-order chi connectivity index (χ1) is 17.3. The molecular weight excluding hydrogens is 460 g/mol. The van der Waals surface area contributed by atoms with E-state index in [4.69, 9.17) is 9.90 Å². The van der Waals surface area contributed by atoms with Crippen LogP contribution in [0.25, 0.3) is 0 Å². The van der Waals surface area contributed by atoms with E-state index < -0.39 is 5.97 Å². The molecule has 2 aliphatic rings. The van der Waals surface area contributed by atoms with Gasteiger partial charge in [0.1, 0.15) is 0 Å². The number of nitrogens with one attached hydrogen (secondary N) is 1. The Kier molecular flexibility index (Phi) is 9.55. The zero-order valence-electron chi connectivity index (χ0n) is 20.8. The summed E-state index contributed by atoms with van der Waals surface area (Å²) in [5.41, 5.74) is 1.97. The number of carboxylic acids is 1. The Labute approximate surface area is 211 Å². The van der Waals surface area contributed by atoms with Gasteiger partial charge in [-0.15, -0.1) is 0 Å². The summed E-state index contributed by atoms with van der Waals surface area (Å²) in [5, 5.41) is 10.4. The van der Waals surface area contributed by atoms with Gasteiger partial charge in [0.25, 0.3) is 5.97 Å². The molecule has 1 aromatic carbocycles. The van der Waals surface area contributed by atoms with Gasteiger partial charge in [0.15, 0.2) is 0 Å². The molecule has 36 heavy (non-hydrogen) atoms. The highest BCUT2D eigenvalue weighted by molar-refractivity contribution is 5.89. The van der Waals surface area contributed by atoms with Crippen LogP contribution in [-0.4, -0.2) is 69.3 Å². The lowest BCUT2D eigenvalue weighted by molar-refractivity contribution is -0.149. The van der Waals surface area contributed by atoms with Crippen molar-refractivity contribution in [3.63, 3.8) is 0 Å². The van der Waals surface area contributed by atoms with E-state index in [0.29, 0.717) is 32.4 Å². The lowest BCUT2D eigenvalue weighted by atomic mass is 9.92. The SMILES string of the molecule is CC(=O)O.CCCNC(=O)[C@H]1C[C@H]2CN(C(=O)CCc3cccnc3)CC(=O)N2[C@H]1c1ccccc1. The number of aliphatic carboxylic acids is 1. The van der Waals surface area contributed by atoms with Gasteiger partial charge in [-0.25, -0.2) is 0 Å². The number of nitrogens with zero attached hydrogens (tertiary/aromatic N) is 3. The van der Waals surface area contributed by atoms with Crippen molar-refractivity contribution < 1.29 is 24.3 Å². The van der Waals surface area contributed by atoms with Crippen molar-refractivity contribution in [2.45, 2.75) is 51.6 Å². The van der Waals surface area contributed by atoms with Gasteiger partial charge in [-0.3, -0.25) is 24.2 Å². The number of rotatable bonds is 7. The molecule has 9 heteroatoms. The Hall–Kier alpha value is -3.75. The number of benzene rings is 1. The fourth-order valence-corrected chi connectivity index (χ4v) is 4.86. The Bertz CT molecular complexity index is 1040. The summed E-state index contributed by atoms with van der Waals surface area (Å²) in [5.74, 6) is -1.28. The van der Waals surface area contributed by atoms with Gasteiger partial charge < -0.3 is 20.2 Å². The molecule has 2 aromatic rings. The van der Waals surface area contributed by atoms with Crippen molar-refractivity contribution in [2.24, 2.45) is 5.92 Å². The van der Waals surface area contributed by atoms with Crippen LogP contribution in [0.2, 0.25) is 0 Å². The van der Waals surface area contributed by atoms with Crippen LogP contribution in [0.4, 0.5) is 0 Å². The van der Waals surface area contributed by atoms with Crippen LogP contribution in [0.15, 0.2) is 54.9 Å². The number of piperazine rings is 1. The number of aryl methyl sites for hydroxylation is 1. The number of carboxylic acid groups (broad SMARTS) is 1. The molecule has 0 saturated carbocycles. The highest BCUT2D eigenvalue weighted by atomic mass is 16.4. The monoisotopic (exact) mass is 494 g/mol. The van der Waals surface area contributed by atoms with E-state index in [0.717, 1.165) is 24.5 Å². The van der Waals surface area contributed by atoms with E-state index in [1.807, 2.05) is 54.3 Å². The van der Waals surface area contributed by atoms with Gasteiger partial charge in [-0.1, -0.05) is 43.3 Å². The van der Waals surface area contributed by atoms with Crippen molar-refractivity contribution in [3.05, 3.63) is 66.0 Å². The summed E-state index contributed by atoms with van der Waals surface area (Å²) in [6.45, 7) is 4.26. The maximum absolute atomic E-state index is 13.2. The highest BCUT2D eigenvalue weighted by Gasteiger charge is 2.50. The number of amides is 3. The fraction of sp³-hybridized carbons (Fsp3) is 0.444. The van der Waals surface area contributed by atoms with Crippen LogP contribution >= 0.6 is 0 Å². The van der Waals surface area contributed by atoms with Crippen LogP contribution in [0, 0.1) is 5.92 Å². The molecule has 0 aliphatic carbocycles. The molecule has 2 saturated heterocycles. The predicted molar refractivity (Wildman–Crippen MR) is 134 cm³/mol. The van der Waals surface area contributed by atoms with E-state index in [1.165, 1.54) is 0 Å². The minimum Gasteiger partial charge on any atom is -0.481 e. The van der Waals surface area contributed by atoms with Crippen LogP contribution in [-0.2, 0) is 25.6 Å². The number of hydrogen-bond acceptors (Lipinski definition) is 5. The largest absolute Gasteiger partial charge is 0.481 e. The second kappa shape index (κ2) is 12.8. The Morgan fingerprint density at radius 3 is 2.50 bits per heavy atom. The Morgan fingerprint density at radius 2 is 1.86 bits per heavy atom. The predicted octanol–water partition coefficient (Wildman–Crippen LogP) is 2.43. The summed E-state index contributed by atoms with van der Waals surface area (Å²) in [7, 11) is 0. The standard InChI is InChI=1S/C25H30N4O3.C2H4O2/c1-2-12-27-25(32)21-14-20-16-28(22(30)11-10-18-7-6-13-26-15-18)17-23(31)29(20)24(21)19-8-4-3-5-9-19;1-2(3)4/h3-9,13,15,20-21,24H,2,10-12,14,16-17H2,1H3,(H,27,32);1H3,(H,3,4)/t20-,21-,24-;/m0./s1. The summed E-state index contributed by atoms with van der Waals surface area (Å²) in [6, 6.07) is 13.1. The minimum absolute atomic E-state index is 0.0163. The number of pyridine rings is 1. The van der Waals surface area contributed by atoms with E-state index >= 15 is 0 Å². The maximum Gasteiger partial charge on any atom is 0.300 e. The van der Waals surface area contributed by atoms with E-state index in [-0.39, 0.29) is 42.3 Å². The van der Waals surface area contributed by atoms with Crippen molar-refractivity contribution >= 4 is 23.7 Å². The summed E-state index contributed by atoms with van der Waals surface area (Å²) >= 11 is 0. The Balaban J connectivity index is 0.000000840. The molecule has 0 unspecified atom stereocenters. The fourth-order valence-electron chi connectivity index (χ4n) is 4.86. The summed E-state index contributed by atoms with van der Waals surface area (Å²) in [6.07, 6.45) is 5.83. The molecule has 0 spiro atoms. The average molecular weight is 495 g/mol. The summed E-state index contributed by atoms with van der Waals surface area (Å²) < 4.78 is 0. The van der Waals surface area contributed by atoms with Gasteiger partial charge in [-0.05, 0) is 36.5 Å². The molecule has 1 aromatic heterocycles. The van der Waals surface area contributed by atoms with Gasteiger partial charge in [0, 0.05) is 38.8 Å². The van der Waals surface area contributed by atoms with Crippen LogP contribution < -0.4 is 5.32 Å². The molecule has 3 atom stereocenters.